The first kappa shape index (κ1) is 20.3. The zero-order valence-corrected chi connectivity index (χ0v) is 17.7. The van der Waals surface area contributed by atoms with Crippen molar-refractivity contribution in [1.82, 2.24) is 4.57 Å². The highest BCUT2D eigenvalue weighted by Crippen LogP contribution is 2.27. The Balaban J connectivity index is 2.05. The topological polar surface area (TPSA) is 26.5 Å². The molecule has 0 N–H and O–H groups in total. The Kier molecular flexibility index (Phi) is 6.68. The van der Waals surface area contributed by atoms with Gasteiger partial charge in [-0.05, 0) is 79.8 Å². The van der Waals surface area contributed by atoms with E-state index < -0.39 is 0 Å². The Morgan fingerprint density at radius 3 is 2.29 bits per heavy atom. The fourth-order valence-corrected chi connectivity index (χ4v) is 4.15. The van der Waals surface area contributed by atoms with E-state index in [-0.39, 0.29) is 5.82 Å². The molecule has 3 rings (SSSR count). The highest BCUT2D eigenvalue weighted by molar-refractivity contribution is 7.07. The molecule has 0 radical (unpaired) electrons. The van der Waals surface area contributed by atoms with Gasteiger partial charge in [0.25, 0.3) is 0 Å². The maximum Gasteiger partial charge on any atom is 0.190 e. The van der Waals surface area contributed by atoms with Crippen molar-refractivity contribution in [2.75, 3.05) is 7.11 Å². The molecule has 1 aromatic heterocycles. The Morgan fingerprint density at radius 1 is 1.00 bits per heavy atom. The van der Waals surface area contributed by atoms with Crippen molar-refractivity contribution >= 4 is 17.0 Å². The molecular formula is C23H27FN2OS. The monoisotopic (exact) mass is 398 g/mol. The molecule has 3 nitrogen and oxygen atoms in total. The summed E-state index contributed by atoms with van der Waals surface area (Å²) in [5.41, 5.74) is 2.97. The third-order valence-electron chi connectivity index (χ3n) is 4.78. The van der Waals surface area contributed by atoms with Gasteiger partial charge in [0.15, 0.2) is 4.80 Å². The van der Waals surface area contributed by atoms with Crippen LogP contribution in [0.2, 0.25) is 0 Å². The fourth-order valence-electron chi connectivity index (χ4n) is 3.13. The van der Waals surface area contributed by atoms with Gasteiger partial charge in [-0.2, -0.15) is 0 Å². The summed E-state index contributed by atoms with van der Waals surface area (Å²) in [5, 5.41) is 2.11. The van der Waals surface area contributed by atoms with Crippen LogP contribution in [0.5, 0.6) is 5.75 Å². The molecule has 0 bridgehead atoms. The van der Waals surface area contributed by atoms with Crippen molar-refractivity contribution in [2.45, 2.75) is 39.7 Å². The number of benzene rings is 2. The fraction of sp³-hybridized carbons (Fsp3) is 0.348. The van der Waals surface area contributed by atoms with Gasteiger partial charge in [0.1, 0.15) is 11.6 Å². The molecule has 0 aliphatic rings. The molecule has 0 spiro atoms. The molecule has 0 aliphatic carbocycles. The molecule has 1 heterocycles. The van der Waals surface area contributed by atoms with Gasteiger partial charge in [0.05, 0.1) is 18.5 Å². The zero-order valence-electron chi connectivity index (χ0n) is 16.9. The lowest BCUT2D eigenvalue weighted by molar-refractivity contribution is 0.415. The van der Waals surface area contributed by atoms with E-state index in [1.165, 1.54) is 12.1 Å². The summed E-state index contributed by atoms with van der Waals surface area (Å²) >= 11 is 1.61. The molecule has 28 heavy (non-hydrogen) atoms. The highest BCUT2D eigenvalue weighted by Gasteiger charge is 2.15. The number of thiazole rings is 1. The van der Waals surface area contributed by atoms with E-state index in [1.54, 1.807) is 18.4 Å². The smallest absolute Gasteiger partial charge is 0.190 e. The van der Waals surface area contributed by atoms with E-state index in [4.69, 9.17) is 9.73 Å². The first-order chi connectivity index (χ1) is 13.5. The molecule has 0 aliphatic heterocycles. The average Bonchev–Trinajstić information content (AvgIpc) is 3.11. The SMILES string of the molecule is COc1ccc(N=c2scc(-c3ccc(F)cc3)n2[C@@H](C)CCC(C)C)cc1. The van der Waals surface area contributed by atoms with Crippen molar-refractivity contribution < 1.29 is 9.13 Å². The molecule has 0 saturated heterocycles. The molecule has 0 amide bonds. The van der Waals surface area contributed by atoms with Crippen LogP contribution in [0.25, 0.3) is 11.3 Å². The van der Waals surface area contributed by atoms with Crippen LogP contribution in [-0.4, -0.2) is 11.7 Å². The second-order valence-electron chi connectivity index (χ2n) is 7.41. The lowest BCUT2D eigenvalue weighted by Crippen LogP contribution is -2.20. The molecule has 0 saturated carbocycles. The quantitative estimate of drug-likeness (QED) is 0.441. The molecular weight excluding hydrogens is 371 g/mol. The van der Waals surface area contributed by atoms with Crippen LogP contribution in [0.1, 0.15) is 39.7 Å². The van der Waals surface area contributed by atoms with Crippen LogP contribution in [0, 0.1) is 11.7 Å². The van der Waals surface area contributed by atoms with E-state index >= 15 is 0 Å². The van der Waals surface area contributed by atoms with Crippen LogP contribution >= 0.6 is 11.3 Å². The third kappa shape index (κ3) is 4.90. The molecule has 148 valence electrons. The third-order valence-corrected chi connectivity index (χ3v) is 5.62. The van der Waals surface area contributed by atoms with Crippen molar-refractivity contribution in [2.24, 2.45) is 10.9 Å². The Morgan fingerprint density at radius 2 is 1.68 bits per heavy atom. The highest BCUT2D eigenvalue weighted by atomic mass is 32.1. The number of ether oxygens (including phenoxy) is 1. The number of aromatic nitrogens is 1. The van der Waals surface area contributed by atoms with Crippen molar-refractivity contribution in [3.05, 3.63) is 64.5 Å². The Bertz CT molecular complexity index is 956. The van der Waals surface area contributed by atoms with Crippen LogP contribution in [0.3, 0.4) is 0 Å². The number of halogens is 1. The van der Waals surface area contributed by atoms with E-state index in [9.17, 15) is 4.39 Å². The van der Waals surface area contributed by atoms with Crippen LogP contribution in [0.15, 0.2) is 58.9 Å². The number of hydrogen-bond acceptors (Lipinski definition) is 3. The number of hydrogen-bond donors (Lipinski definition) is 0. The summed E-state index contributed by atoms with van der Waals surface area (Å²) in [5.74, 6) is 1.25. The Hall–Kier alpha value is -2.40. The van der Waals surface area contributed by atoms with Crippen molar-refractivity contribution in [3.63, 3.8) is 0 Å². The summed E-state index contributed by atoms with van der Waals surface area (Å²) in [6, 6.07) is 14.7. The maximum absolute atomic E-state index is 13.4. The van der Waals surface area contributed by atoms with Gasteiger partial charge in [-0.15, -0.1) is 11.3 Å². The summed E-state index contributed by atoms with van der Waals surface area (Å²) in [6.45, 7) is 6.72. The molecule has 3 aromatic rings. The lowest BCUT2D eigenvalue weighted by atomic mass is 10.0. The summed E-state index contributed by atoms with van der Waals surface area (Å²) in [6.07, 6.45) is 2.22. The van der Waals surface area contributed by atoms with E-state index in [0.29, 0.717) is 12.0 Å². The first-order valence-electron chi connectivity index (χ1n) is 9.62. The molecule has 0 unspecified atom stereocenters. The minimum atomic E-state index is -0.221. The standard InChI is InChI=1S/C23H27FN2OS/c1-16(2)5-6-17(3)26-22(18-7-9-19(24)10-8-18)15-28-23(26)25-20-11-13-21(27-4)14-12-20/h7-17H,5-6H2,1-4H3/t17-/m0/s1. The van der Waals surface area contributed by atoms with Gasteiger partial charge in [-0.25, -0.2) is 9.38 Å². The minimum absolute atomic E-state index is 0.221. The van der Waals surface area contributed by atoms with Gasteiger partial charge in [-0.1, -0.05) is 13.8 Å². The number of methoxy groups -OCH3 is 1. The molecule has 0 fully saturated rings. The van der Waals surface area contributed by atoms with Crippen LogP contribution in [-0.2, 0) is 0 Å². The van der Waals surface area contributed by atoms with Crippen LogP contribution < -0.4 is 9.54 Å². The summed E-state index contributed by atoms with van der Waals surface area (Å²) in [7, 11) is 1.66. The number of rotatable bonds is 7. The summed E-state index contributed by atoms with van der Waals surface area (Å²) < 4.78 is 20.9. The molecule has 1 atom stereocenters. The second kappa shape index (κ2) is 9.20. The largest absolute Gasteiger partial charge is 0.497 e. The van der Waals surface area contributed by atoms with E-state index in [1.807, 2.05) is 36.4 Å². The minimum Gasteiger partial charge on any atom is -0.497 e. The predicted octanol–water partition coefficient (Wildman–Crippen LogP) is 6.59. The van der Waals surface area contributed by atoms with E-state index in [0.717, 1.165) is 40.3 Å². The first-order valence-corrected chi connectivity index (χ1v) is 10.5. The summed E-state index contributed by atoms with van der Waals surface area (Å²) in [4.78, 5) is 5.83. The van der Waals surface area contributed by atoms with E-state index in [2.05, 4.69) is 30.7 Å². The van der Waals surface area contributed by atoms with Crippen LogP contribution in [0.4, 0.5) is 10.1 Å². The predicted molar refractivity (Wildman–Crippen MR) is 115 cm³/mol. The average molecular weight is 399 g/mol. The van der Waals surface area contributed by atoms with Gasteiger partial charge in [0.2, 0.25) is 0 Å². The second-order valence-corrected chi connectivity index (χ2v) is 8.25. The zero-order chi connectivity index (χ0) is 20.1. The number of nitrogens with zero attached hydrogens (tertiary/aromatic N) is 2. The molecule has 2 aromatic carbocycles. The Labute approximate surface area is 170 Å². The normalized spacial score (nSPS) is 13.1. The van der Waals surface area contributed by atoms with Crippen molar-refractivity contribution in [1.29, 1.82) is 0 Å². The lowest BCUT2D eigenvalue weighted by Gasteiger charge is -2.18. The van der Waals surface area contributed by atoms with Gasteiger partial charge in [0, 0.05) is 11.4 Å². The van der Waals surface area contributed by atoms with Gasteiger partial charge < -0.3 is 9.30 Å². The van der Waals surface area contributed by atoms with Gasteiger partial charge >= 0.3 is 0 Å². The van der Waals surface area contributed by atoms with Crippen molar-refractivity contribution in [3.8, 4) is 17.0 Å². The van der Waals surface area contributed by atoms with Gasteiger partial charge in [-0.3, -0.25) is 0 Å². The molecule has 5 heteroatoms. The maximum atomic E-state index is 13.4.